The Labute approximate surface area is 139 Å². The number of aliphatic carboxylic acids is 1. The van der Waals surface area contributed by atoms with Gasteiger partial charge >= 0.3 is 5.97 Å². The van der Waals surface area contributed by atoms with Crippen LogP contribution >= 0.6 is 34.2 Å². The topological polar surface area (TPSA) is 80.9 Å². The Bertz CT molecular complexity index is 699. The van der Waals surface area contributed by atoms with Crippen LogP contribution in [0.4, 0.5) is 0 Å². The normalized spacial score (nSPS) is 16.5. The van der Waals surface area contributed by atoms with Crippen LogP contribution in [-0.4, -0.2) is 31.3 Å². The number of carbonyl (C=O) groups is 1. The zero-order chi connectivity index (χ0) is 15.0. The van der Waals surface area contributed by atoms with Gasteiger partial charge in [-0.05, 0) is 64.1 Å². The summed E-state index contributed by atoms with van der Waals surface area (Å²) >= 11 is 8.22. The van der Waals surface area contributed by atoms with Gasteiger partial charge in [0.15, 0.2) is 5.82 Å². The minimum Gasteiger partial charge on any atom is -0.481 e. The maximum absolute atomic E-state index is 11.5. The predicted molar refractivity (Wildman–Crippen MR) is 84.9 cm³/mol. The van der Waals surface area contributed by atoms with Crippen LogP contribution in [0.5, 0.6) is 0 Å². The molecule has 1 saturated carbocycles. The molecule has 1 fully saturated rings. The molecule has 1 aliphatic rings. The maximum Gasteiger partial charge on any atom is 0.311 e. The highest BCUT2D eigenvalue weighted by atomic mass is 127. The summed E-state index contributed by atoms with van der Waals surface area (Å²) in [6, 6.07) is 5.47. The second kappa shape index (κ2) is 5.53. The molecule has 0 aliphatic heterocycles. The SMILES string of the molecule is O=C(O)C1(Cn2nnnc2-c2cc(Cl)ccc2I)CCC1. The first-order chi connectivity index (χ1) is 10.0. The molecule has 3 rings (SSSR count). The van der Waals surface area contributed by atoms with Crippen molar-refractivity contribution in [3.63, 3.8) is 0 Å². The van der Waals surface area contributed by atoms with Crippen LogP contribution in [0.3, 0.4) is 0 Å². The molecule has 0 bridgehead atoms. The van der Waals surface area contributed by atoms with Crippen molar-refractivity contribution < 1.29 is 9.90 Å². The molecule has 1 aromatic heterocycles. The van der Waals surface area contributed by atoms with Crippen LogP contribution in [-0.2, 0) is 11.3 Å². The first-order valence-electron chi connectivity index (χ1n) is 6.47. The van der Waals surface area contributed by atoms with E-state index in [2.05, 4.69) is 38.1 Å². The number of benzene rings is 1. The van der Waals surface area contributed by atoms with Crippen LogP contribution < -0.4 is 0 Å². The summed E-state index contributed by atoms with van der Waals surface area (Å²) in [6.45, 7) is 0.285. The fraction of sp³-hybridized carbons (Fsp3) is 0.385. The molecular formula is C13H12ClIN4O2. The lowest BCUT2D eigenvalue weighted by Gasteiger charge is -2.37. The van der Waals surface area contributed by atoms with Crippen LogP contribution in [0.2, 0.25) is 5.02 Å². The van der Waals surface area contributed by atoms with Crippen molar-refractivity contribution in [3.05, 3.63) is 26.8 Å². The Morgan fingerprint density at radius 1 is 1.48 bits per heavy atom. The fourth-order valence-corrected chi connectivity index (χ4v) is 3.25. The number of rotatable bonds is 4. The van der Waals surface area contributed by atoms with Crippen LogP contribution in [0, 0.1) is 8.99 Å². The van der Waals surface area contributed by atoms with Crippen LogP contribution in [0.15, 0.2) is 18.2 Å². The van der Waals surface area contributed by atoms with E-state index in [0.29, 0.717) is 23.7 Å². The molecule has 0 amide bonds. The number of aromatic nitrogens is 4. The molecule has 8 heteroatoms. The monoisotopic (exact) mass is 418 g/mol. The first kappa shape index (κ1) is 14.7. The number of tetrazole rings is 1. The Balaban J connectivity index is 1.98. The summed E-state index contributed by atoms with van der Waals surface area (Å²) in [7, 11) is 0. The third-order valence-electron chi connectivity index (χ3n) is 3.92. The summed E-state index contributed by atoms with van der Waals surface area (Å²) in [5, 5.41) is 21.7. The molecule has 6 nitrogen and oxygen atoms in total. The van der Waals surface area contributed by atoms with Crippen molar-refractivity contribution in [2.24, 2.45) is 5.41 Å². The zero-order valence-corrected chi connectivity index (χ0v) is 13.9. The van der Waals surface area contributed by atoms with Gasteiger partial charge in [0.05, 0.1) is 12.0 Å². The van der Waals surface area contributed by atoms with Crippen LogP contribution in [0.25, 0.3) is 11.4 Å². The summed E-state index contributed by atoms with van der Waals surface area (Å²) < 4.78 is 2.53. The molecule has 0 spiro atoms. The fourth-order valence-electron chi connectivity index (χ4n) is 2.50. The quantitative estimate of drug-likeness (QED) is 0.772. The van der Waals surface area contributed by atoms with Gasteiger partial charge in [0.1, 0.15) is 0 Å². The highest BCUT2D eigenvalue weighted by Crippen LogP contribution is 2.43. The van der Waals surface area contributed by atoms with E-state index >= 15 is 0 Å². The van der Waals surface area contributed by atoms with Crippen LogP contribution in [0.1, 0.15) is 19.3 Å². The van der Waals surface area contributed by atoms with E-state index in [-0.39, 0.29) is 6.54 Å². The molecule has 0 unspecified atom stereocenters. The molecular weight excluding hydrogens is 407 g/mol. The highest BCUT2D eigenvalue weighted by Gasteiger charge is 2.45. The number of nitrogens with zero attached hydrogens (tertiary/aromatic N) is 4. The molecule has 0 radical (unpaired) electrons. The van der Waals surface area contributed by atoms with Crippen molar-refractivity contribution in [1.29, 1.82) is 0 Å². The zero-order valence-electron chi connectivity index (χ0n) is 11.0. The van der Waals surface area contributed by atoms with Crippen molar-refractivity contribution in [2.45, 2.75) is 25.8 Å². The van der Waals surface area contributed by atoms with E-state index in [9.17, 15) is 9.90 Å². The minimum atomic E-state index is -0.781. The van der Waals surface area contributed by atoms with Gasteiger partial charge in [-0.2, -0.15) is 0 Å². The molecule has 1 aliphatic carbocycles. The third-order valence-corrected chi connectivity index (χ3v) is 5.09. The van der Waals surface area contributed by atoms with Gasteiger partial charge in [0.2, 0.25) is 0 Å². The number of halogens is 2. The maximum atomic E-state index is 11.5. The van der Waals surface area contributed by atoms with Crippen molar-refractivity contribution in [3.8, 4) is 11.4 Å². The summed E-state index contributed by atoms with van der Waals surface area (Å²) in [5.74, 6) is -0.231. The second-order valence-electron chi connectivity index (χ2n) is 5.22. The largest absolute Gasteiger partial charge is 0.481 e. The Hall–Kier alpha value is -1.22. The Kier molecular flexibility index (Phi) is 3.87. The summed E-state index contributed by atoms with van der Waals surface area (Å²) in [5.41, 5.74) is 0.0710. The molecule has 21 heavy (non-hydrogen) atoms. The van der Waals surface area contributed by atoms with Gasteiger partial charge in [-0.1, -0.05) is 18.0 Å². The molecule has 1 heterocycles. The summed E-state index contributed by atoms with van der Waals surface area (Å²) in [4.78, 5) is 11.5. The van der Waals surface area contributed by atoms with E-state index in [0.717, 1.165) is 15.6 Å². The summed E-state index contributed by atoms with van der Waals surface area (Å²) in [6.07, 6.45) is 2.25. The van der Waals surface area contributed by atoms with E-state index in [1.165, 1.54) is 0 Å². The van der Waals surface area contributed by atoms with Gasteiger partial charge in [0.25, 0.3) is 0 Å². The van der Waals surface area contributed by atoms with Crippen molar-refractivity contribution in [2.75, 3.05) is 0 Å². The molecule has 110 valence electrons. The Morgan fingerprint density at radius 3 is 2.86 bits per heavy atom. The Morgan fingerprint density at radius 2 is 2.24 bits per heavy atom. The van der Waals surface area contributed by atoms with E-state index in [1.54, 1.807) is 16.8 Å². The smallest absolute Gasteiger partial charge is 0.311 e. The first-order valence-corrected chi connectivity index (χ1v) is 7.92. The number of hydrogen-bond donors (Lipinski definition) is 1. The molecule has 1 N–H and O–H groups in total. The van der Waals surface area contributed by atoms with Gasteiger partial charge in [-0.25, -0.2) is 4.68 Å². The van der Waals surface area contributed by atoms with Gasteiger partial charge in [-0.3, -0.25) is 4.79 Å². The lowest BCUT2D eigenvalue weighted by atomic mass is 9.69. The lowest BCUT2D eigenvalue weighted by Crippen LogP contribution is -2.42. The van der Waals surface area contributed by atoms with Gasteiger partial charge < -0.3 is 5.11 Å². The number of hydrogen-bond acceptors (Lipinski definition) is 4. The molecule has 0 saturated heterocycles. The van der Waals surface area contributed by atoms with Gasteiger partial charge in [0, 0.05) is 14.2 Å². The number of carboxylic acid groups (broad SMARTS) is 1. The molecule has 0 atom stereocenters. The van der Waals surface area contributed by atoms with Gasteiger partial charge in [-0.15, -0.1) is 5.10 Å². The third kappa shape index (κ3) is 2.64. The second-order valence-corrected chi connectivity index (χ2v) is 6.82. The molecule has 1 aromatic carbocycles. The highest BCUT2D eigenvalue weighted by molar-refractivity contribution is 14.1. The average molecular weight is 419 g/mol. The average Bonchev–Trinajstić information content (AvgIpc) is 2.84. The lowest BCUT2D eigenvalue weighted by molar-refractivity contribution is -0.156. The van der Waals surface area contributed by atoms with E-state index < -0.39 is 11.4 Å². The standard InChI is InChI=1S/C13H12ClIN4O2/c14-8-2-3-10(15)9(6-8)11-16-17-18-19(11)7-13(12(20)21)4-1-5-13/h2-3,6H,1,4-5,7H2,(H,20,21). The molecule has 2 aromatic rings. The van der Waals surface area contributed by atoms with E-state index in [4.69, 9.17) is 11.6 Å². The van der Waals surface area contributed by atoms with E-state index in [1.807, 2.05) is 6.07 Å². The van der Waals surface area contributed by atoms with Crippen molar-refractivity contribution >= 4 is 40.2 Å². The number of carboxylic acids is 1. The predicted octanol–water partition coefficient (Wildman–Crippen LogP) is 2.85. The minimum absolute atomic E-state index is 0.285. The van der Waals surface area contributed by atoms with Crippen molar-refractivity contribution in [1.82, 2.24) is 20.2 Å².